The standard InChI is InChI=1S/C10H17NO4S/c1-7(12)6-11(4)16(13,14)10-5-8(2)15-9(10)3/h5,7,12H,6H2,1-4H3. The maximum absolute atomic E-state index is 12.1. The van der Waals surface area contributed by atoms with Crippen LogP contribution in [-0.4, -0.2) is 37.5 Å². The van der Waals surface area contributed by atoms with Gasteiger partial charge < -0.3 is 9.52 Å². The molecule has 1 heterocycles. The molecule has 5 nitrogen and oxygen atoms in total. The first-order valence-electron chi connectivity index (χ1n) is 4.96. The third-order valence-electron chi connectivity index (χ3n) is 2.20. The predicted molar refractivity (Wildman–Crippen MR) is 59.7 cm³/mol. The number of furan rings is 1. The van der Waals surface area contributed by atoms with Crippen molar-refractivity contribution in [2.75, 3.05) is 13.6 Å². The Hall–Kier alpha value is -0.850. The Bertz CT molecular complexity index is 461. The lowest BCUT2D eigenvalue weighted by molar-refractivity contribution is 0.171. The van der Waals surface area contributed by atoms with E-state index in [1.807, 2.05) is 0 Å². The molecule has 1 aromatic heterocycles. The first kappa shape index (κ1) is 13.2. The molecule has 0 aliphatic carbocycles. The molecule has 0 amide bonds. The molecule has 0 saturated carbocycles. The third kappa shape index (κ3) is 2.63. The Morgan fingerprint density at radius 3 is 2.44 bits per heavy atom. The fourth-order valence-electron chi connectivity index (χ4n) is 1.50. The van der Waals surface area contributed by atoms with Gasteiger partial charge in [-0.15, -0.1) is 0 Å². The van der Waals surface area contributed by atoms with Gasteiger partial charge in [0.05, 0.1) is 6.10 Å². The fourth-order valence-corrected chi connectivity index (χ4v) is 2.97. The Labute approximate surface area is 95.7 Å². The molecule has 0 fully saturated rings. The van der Waals surface area contributed by atoms with Gasteiger partial charge in [0.15, 0.2) is 0 Å². The highest BCUT2D eigenvalue weighted by molar-refractivity contribution is 7.89. The summed E-state index contributed by atoms with van der Waals surface area (Å²) in [6, 6.07) is 1.49. The van der Waals surface area contributed by atoms with Gasteiger partial charge in [0.2, 0.25) is 10.0 Å². The number of rotatable bonds is 4. The third-order valence-corrected chi connectivity index (χ3v) is 4.14. The molecule has 0 radical (unpaired) electrons. The maximum Gasteiger partial charge on any atom is 0.246 e. The zero-order valence-electron chi connectivity index (χ0n) is 9.89. The number of hydrogen-bond acceptors (Lipinski definition) is 4. The predicted octanol–water partition coefficient (Wildman–Crippen LogP) is 0.898. The number of aliphatic hydroxyl groups is 1. The summed E-state index contributed by atoms with van der Waals surface area (Å²) in [4.78, 5) is 0.160. The first-order chi connectivity index (χ1) is 7.25. The van der Waals surface area contributed by atoms with Crippen molar-refractivity contribution in [1.82, 2.24) is 4.31 Å². The van der Waals surface area contributed by atoms with E-state index >= 15 is 0 Å². The Morgan fingerprint density at radius 2 is 2.06 bits per heavy atom. The number of nitrogens with zero attached hydrogens (tertiary/aromatic N) is 1. The first-order valence-corrected chi connectivity index (χ1v) is 6.40. The van der Waals surface area contributed by atoms with Crippen molar-refractivity contribution in [2.24, 2.45) is 0 Å². The van der Waals surface area contributed by atoms with Crippen molar-refractivity contribution < 1.29 is 17.9 Å². The van der Waals surface area contributed by atoms with Gasteiger partial charge in [-0.25, -0.2) is 8.42 Å². The van der Waals surface area contributed by atoms with Crippen molar-refractivity contribution in [1.29, 1.82) is 0 Å². The molecular weight excluding hydrogens is 230 g/mol. The SMILES string of the molecule is Cc1cc(S(=O)(=O)N(C)CC(C)O)c(C)o1. The Morgan fingerprint density at radius 1 is 1.50 bits per heavy atom. The molecule has 6 heteroatoms. The summed E-state index contributed by atoms with van der Waals surface area (Å²) in [5.41, 5.74) is 0. The molecule has 0 bridgehead atoms. The van der Waals surface area contributed by atoms with Crippen LogP contribution in [0.5, 0.6) is 0 Å². The van der Waals surface area contributed by atoms with Crippen LogP contribution in [0.1, 0.15) is 18.4 Å². The summed E-state index contributed by atoms with van der Waals surface area (Å²) < 4.78 is 30.4. The zero-order valence-corrected chi connectivity index (χ0v) is 10.7. The molecule has 16 heavy (non-hydrogen) atoms. The largest absolute Gasteiger partial charge is 0.465 e. The van der Waals surface area contributed by atoms with Gasteiger partial charge in [-0.05, 0) is 26.8 Å². The van der Waals surface area contributed by atoms with Crippen molar-refractivity contribution in [2.45, 2.75) is 31.8 Å². The summed E-state index contributed by atoms with van der Waals surface area (Å²) in [5.74, 6) is 0.927. The number of likely N-dealkylation sites (N-methyl/N-ethyl adjacent to an activating group) is 1. The molecule has 0 aromatic carbocycles. The minimum absolute atomic E-state index is 0.0615. The summed E-state index contributed by atoms with van der Waals surface area (Å²) in [7, 11) is -2.13. The lowest BCUT2D eigenvalue weighted by Gasteiger charge is -2.17. The van der Waals surface area contributed by atoms with Crippen LogP contribution >= 0.6 is 0 Å². The average molecular weight is 247 g/mol. The molecule has 0 aliphatic rings. The number of aryl methyl sites for hydroxylation is 2. The van der Waals surface area contributed by atoms with Crippen LogP contribution in [-0.2, 0) is 10.0 Å². The van der Waals surface area contributed by atoms with E-state index in [-0.39, 0.29) is 11.4 Å². The smallest absolute Gasteiger partial charge is 0.246 e. The quantitative estimate of drug-likeness (QED) is 0.858. The van der Waals surface area contributed by atoms with Crippen LogP contribution in [0, 0.1) is 13.8 Å². The van der Waals surface area contributed by atoms with E-state index in [4.69, 9.17) is 4.42 Å². The van der Waals surface area contributed by atoms with Gasteiger partial charge in [0.1, 0.15) is 16.4 Å². The molecule has 1 unspecified atom stereocenters. The highest BCUT2D eigenvalue weighted by Crippen LogP contribution is 2.22. The molecule has 0 saturated heterocycles. The highest BCUT2D eigenvalue weighted by atomic mass is 32.2. The summed E-state index contributed by atoms with van der Waals surface area (Å²) in [6.07, 6.45) is -0.701. The van der Waals surface area contributed by atoms with Gasteiger partial charge in [0, 0.05) is 13.6 Å². The number of aliphatic hydroxyl groups excluding tert-OH is 1. The molecular formula is C10H17NO4S. The molecule has 1 atom stereocenters. The van der Waals surface area contributed by atoms with Gasteiger partial charge in [-0.3, -0.25) is 0 Å². The molecule has 0 aliphatic heterocycles. The normalized spacial score (nSPS) is 14.4. The summed E-state index contributed by atoms with van der Waals surface area (Å²) in [5, 5.41) is 9.18. The second-order valence-corrected chi connectivity index (χ2v) is 5.93. The van der Waals surface area contributed by atoms with Crippen LogP contribution in [0.15, 0.2) is 15.4 Å². The monoisotopic (exact) mass is 247 g/mol. The van der Waals surface area contributed by atoms with E-state index in [1.165, 1.54) is 13.1 Å². The molecule has 0 spiro atoms. The fraction of sp³-hybridized carbons (Fsp3) is 0.600. The van der Waals surface area contributed by atoms with E-state index in [2.05, 4.69) is 0 Å². The van der Waals surface area contributed by atoms with E-state index in [9.17, 15) is 13.5 Å². The zero-order chi connectivity index (χ0) is 12.5. The minimum atomic E-state index is -3.56. The lowest BCUT2D eigenvalue weighted by Crippen LogP contribution is -2.33. The summed E-state index contributed by atoms with van der Waals surface area (Å²) in [6.45, 7) is 4.91. The van der Waals surface area contributed by atoms with E-state index in [0.29, 0.717) is 11.5 Å². The minimum Gasteiger partial charge on any atom is -0.465 e. The topological polar surface area (TPSA) is 70.8 Å². The Balaban J connectivity index is 3.07. The summed E-state index contributed by atoms with van der Waals surface area (Å²) >= 11 is 0. The molecule has 1 N–H and O–H groups in total. The highest BCUT2D eigenvalue weighted by Gasteiger charge is 2.26. The van der Waals surface area contributed by atoms with E-state index in [1.54, 1.807) is 20.8 Å². The molecule has 92 valence electrons. The van der Waals surface area contributed by atoms with Gasteiger partial charge in [-0.2, -0.15) is 4.31 Å². The van der Waals surface area contributed by atoms with Crippen LogP contribution in [0.4, 0.5) is 0 Å². The second-order valence-electron chi connectivity index (χ2n) is 3.91. The van der Waals surface area contributed by atoms with Gasteiger partial charge in [0.25, 0.3) is 0 Å². The number of sulfonamides is 1. The molecule has 1 aromatic rings. The molecule has 1 rings (SSSR count). The van der Waals surface area contributed by atoms with Crippen molar-refractivity contribution in [3.8, 4) is 0 Å². The maximum atomic E-state index is 12.1. The van der Waals surface area contributed by atoms with Crippen molar-refractivity contribution >= 4 is 10.0 Å². The second kappa shape index (κ2) is 4.57. The van der Waals surface area contributed by atoms with Gasteiger partial charge in [-0.1, -0.05) is 0 Å². The number of hydrogen-bond donors (Lipinski definition) is 1. The van der Waals surface area contributed by atoms with E-state index in [0.717, 1.165) is 4.31 Å². The Kier molecular flexibility index (Phi) is 3.77. The van der Waals surface area contributed by atoms with Crippen LogP contribution in [0.25, 0.3) is 0 Å². The van der Waals surface area contributed by atoms with Crippen LogP contribution in [0.2, 0.25) is 0 Å². The van der Waals surface area contributed by atoms with Crippen molar-refractivity contribution in [3.63, 3.8) is 0 Å². The van der Waals surface area contributed by atoms with Crippen molar-refractivity contribution in [3.05, 3.63) is 17.6 Å². The average Bonchev–Trinajstić information content (AvgIpc) is 2.44. The van der Waals surface area contributed by atoms with Gasteiger partial charge >= 0.3 is 0 Å². The van der Waals surface area contributed by atoms with Crippen LogP contribution < -0.4 is 0 Å². The van der Waals surface area contributed by atoms with Crippen LogP contribution in [0.3, 0.4) is 0 Å². The lowest BCUT2D eigenvalue weighted by atomic mass is 10.4. The van der Waals surface area contributed by atoms with E-state index < -0.39 is 16.1 Å².